The van der Waals surface area contributed by atoms with Crippen molar-refractivity contribution in [1.82, 2.24) is 19.1 Å². The molecule has 0 aliphatic carbocycles. The fourth-order valence-electron chi connectivity index (χ4n) is 10.2. The topological polar surface area (TPSA) is 35.6 Å². The highest BCUT2D eigenvalue weighted by atomic mass is 15.0. The third-order valence-electron chi connectivity index (χ3n) is 13.0. The second-order valence-corrected chi connectivity index (χ2v) is 17.2. The molecule has 0 spiro atoms. The molecule has 0 N–H and O–H groups in total. The van der Waals surface area contributed by atoms with E-state index in [0.29, 0.717) is 5.82 Å². The van der Waals surface area contributed by atoms with Gasteiger partial charge in [0.25, 0.3) is 0 Å². The minimum absolute atomic E-state index is 0.693. The van der Waals surface area contributed by atoms with Crippen molar-refractivity contribution >= 4 is 43.6 Å². The summed E-state index contributed by atoms with van der Waals surface area (Å²) in [5.41, 5.74) is 20.3. The first kappa shape index (κ1) is 38.3. The van der Waals surface area contributed by atoms with E-state index in [1.54, 1.807) is 0 Å². The Bertz CT molecular complexity index is 3670. The number of hydrogen-bond donors (Lipinski definition) is 0. The van der Waals surface area contributed by atoms with Gasteiger partial charge < -0.3 is 9.13 Å². The standard InChI is InChI=1S/C61H44N4/c1-39-33-40(2)60(41(3)34-39)46-30-32-59-52(37-46)50-25-12-15-28-57(50)65(59)58-31-29-45(54-38-53(42-17-6-4-7-18-42)62-61(63-54)43-19-8-5-9-20-43)36-51(58)44-21-16-22-47(35-44)64-55-26-13-10-23-48(55)49-24-11-14-27-56(49)64/h4-38H,1-3H3. The van der Waals surface area contributed by atoms with E-state index in [0.717, 1.165) is 61.6 Å². The number of fused-ring (bicyclic) bond motifs is 6. The van der Waals surface area contributed by atoms with Gasteiger partial charge in [-0.25, -0.2) is 9.97 Å². The minimum atomic E-state index is 0.693. The highest BCUT2D eigenvalue weighted by Gasteiger charge is 2.21. The second-order valence-electron chi connectivity index (χ2n) is 17.2. The smallest absolute Gasteiger partial charge is 0.160 e. The van der Waals surface area contributed by atoms with Crippen LogP contribution in [0.5, 0.6) is 0 Å². The molecule has 0 bridgehead atoms. The molecule has 4 nitrogen and oxygen atoms in total. The Morgan fingerprint density at radius 2 is 0.862 bits per heavy atom. The molecule has 0 saturated heterocycles. The van der Waals surface area contributed by atoms with Crippen molar-refractivity contribution in [3.8, 4) is 67.5 Å². The van der Waals surface area contributed by atoms with Gasteiger partial charge in [0.05, 0.1) is 39.1 Å². The van der Waals surface area contributed by atoms with Crippen molar-refractivity contribution < 1.29 is 0 Å². The Hall–Kier alpha value is -8.34. The lowest BCUT2D eigenvalue weighted by Gasteiger charge is -2.18. The van der Waals surface area contributed by atoms with Crippen LogP contribution >= 0.6 is 0 Å². The van der Waals surface area contributed by atoms with Gasteiger partial charge in [0.15, 0.2) is 5.82 Å². The molecular formula is C61H44N4. The van der Waals surface area contributed by atoms with Crippen molar-refractivity contribution in [3.63, 3.8) is 0 Å². The average molecular weight is 833 g/mol. The molecule has 0 unspecified atom stereocenters. The van der Waals surface area contributed by atoms with Crippen LogP contribution in [-0.4, -0.2) is 19.1 Å². The maximum Gasteiger partial charge on any atom is 0.160 e. The van der Waals surface area contributed by atoms with Crippen LogP contribution in [0.4, 0.5) is 0 Å². The first-order valence-corrected chi connectivity index (χ1v) is 22.3. The summed E-state index contributed by atoms with van der Waals surface area (Å²) in [5, 5.41) is 4.92. The molecule has 12 aromatic rings. The summed E-state index contributed by atoms with van der Waals surface area (Å²) >= 11 is 0. The molecule has 0 fully saturated rings. The Morgan fingerprint density at radius 3 is 1.52 bits per heavy atom. The van der Waals surface area contributed by atoms with Crippen molar-refractivity contribution in [2.45, 2.75) is 20.8 Å². The van der Waals surface area contributed by atoms with E-state index >= 15 is 0 Å². The van der Waals surface area contributed by atoms with Crippen LogP contribution in [0.2, 0.25) is 0 Å². The average Bonchev–Trinajstić information content (AvgIpc) is 3.87. The summed E-state index contributed by atoms with van der Waals surface area (Å²) < 4.78 is 4.86. The van der Waals surface area contributed by atoms with Gasteiger partial charge in [0.1, 0.15) is 0 Å². The first-order chi connectivity index (χ1) is 32.0. The molecule has 3 heterocycles. The molecule has 9 aromatic carbocycles. The van der Waals surface area contributed by atoms with Crippen LogP contribution in [0.3, 0.4) is 0 Å². The van der Waals surface area contributed by atoms with Gasteiger partial charge in [-0.05, 0) is 109 Å². The van der Waals surface area contributed by atoms with Gasteiger partial charge in [-0.3, -0.25) is 0 Å². The maximum absolute atomic E-state index is 5.29. The van der Waals surface area contributed by atoms with E-state index in [9.17, 15) is 0 Å². The SMILES string of the molecule is Cc1cc(C)c(-c2ccc3c(c2)c2ccccc2n3-c2ccc(-c3cc(-c4ccccc4)nc(-c4ccccc4)n3)cc2-c2cccc(-n3c4ccccc4c4ccccc43)c2)c(C)c1. The van der Waals surface area contributed by atoms with E-state index in [1.165, 1.54) is 60.4 Å². The Balaban J connectivity index is 1.12. The van der Waals surface area contributed by atoms with Gasteiger partial charge in [0, 0.05) is 49.5 Å². The van der Waals surface area contributed by atoms with Gasteiger partial charge in [0.2, 0.25) is 0 Å². The molecule has 0 aliphatic rings. The number of para-hydroxylation sites is 3. The van der Waals surface area contributed by atoms with E-state index in [4.69, 9.17) is 9.97 Å². The lowest BCUT2D eigenvalue weighted by molar-refractivity contribution is 1.16. The van der Waals surface area contributed by atoms with Crippen molar-refractivity contribution in [1.29, 1.82) is 0 Å². The zero-order chi connectivity index (χ0) is 43.6. The normalized spacial score (nSPS) is 11.6. The number of nitrogens with zero attached hydrogens (tertiary/aromatic N) is 4. The zero-order valence-corrected chi connectivity index (χ0v) is 36.5. The lowest BCUT2D eigenvalue weighted by Crippen LogP contribution is -2.00. The van der Waals surface area contributed by atoms with Gasteiger partial charge in [-0.1, -0.05) is 157 Å². The van der Waals surface area contributed by atoms with Crippen LogP contribution in [-0.2, 0) is 0 Å². The lowest BCUT2D eigenvalue weighted by atomic mass is 9.93. The molecule has 65 heavy (non-hydrogen) atoms. The summed E-state index contributed by atoms with van der Waals surface area (Å²) in [7, 11) is 0. The molecule has 4 heteroatoms. The van der Waals surface area contributed by atoms with Crippen molar-refractivity contribution in [2.75, 3.05) is 0 Å². The van der Waals surface area contributed by atoms with Crippen molar-refractivity contribution in [3.05, 3.63) is 229 Å². The van der Waals surface area contributed by atoms with E-state index < -0.39 is 0 Å². The summed E-state index contributed by atoms with van der Waals surface area (Å²) in [5.74, 6) is 0.693. The number of benzene rings is 9. The Kier molecular flexibility index (Phi) is 9.13. The quantitative estimate of drug-likeness (QED) is 0.160. The van der Waals surface area contributed by atoms with Crippen LogP contribution in [0.15, 0.2) is 212 Å². The molecule has 12 rings (SSSR count). The zero-order valence-electron chi connectivity index (χ0n) is 36.5. The molecule has 308 valence electrons. The van der Waals surface area contributed by atoms with Gasteiger partial charge >= 0.3 is 0 Å². The van der Waals surface area contributed by atoms with Crippen LogP contribution < -0.4 is 0 Å². The molecule has 0 amide bonds. The first-order valence-electron chi connectivity index (χ1n) is 22.3. The number of aryl methyl sites for hydroxylation is 3. The Morgan fingerprint density at radius 1 is 0.338 bits per heavy atom. The third kappa shape index (κ3) is 6.53. The summed E-state index contributed by atoms with van der Waals surface area (Å²) in [6.07, 6.45) is 0. The molecule has 3 aromatic heterocycles. The predicted molar refractivity (Wildman–Crippen MR) is 272 cm³/mol. The molecule has 0 saturated carbocycles. The molecule has 0 atom stereocenters. The summed E-state index contributed by atoms with van der Waals surface area (Å²) in [6, 6.07) is 76.6. The predicted octanol–water partition coefficient (Wildman–Crippen LogP) is 15.9. The largest absolute Gasteiger partial charge is 0.309 e. The number of aromatic nitrogens is 4. The molecular weight excluding hydrogens is 789 g/mol. The highest BCUT2D eigenvalue weighted by Crippen LogP contribution is 2.42. The van der Waals surface area contributed by atoms with Crippen LogP contribution in [0.25, 0.3) is 111 Å². The summed E-state index contributed by atoms with van der Waals surface area (Å²) in [6.45, 7) is 6.64. The van der Waals surface area contributed by atoms with E-state index in [2.05, 4.69) is 218 Å². The highest BCUT2D eigenvalue weighted by molar-refractivity contribution is 6.12. The van der Waals surface area contributed by atoms with Crippen LogP contribution in [0, 0.1) is 20.8 Å². The van der Waals surface area contributed by atoms with E-state index in [-0.39, 0.29) is 0 Å². The van der Waals surface area contributed by atoms with Gasteiger partial charge in [-0.15, -0.1) is 0 Å². The van der Waals surface area contributed by atoms with Crippen molar-refractivity contribution in [2.24, 2.45) is 0 Å². The fraction of sp³-hybridized carbons (Fsp3) is 0.0492. The number of rotatable bonds is 7. The fourth-order valence-corrected chi connectivity index (χ4v) is 10.2. The van der Waals surface area contributed by atoms with E-state index in [1.807, 2.05) is 24.3 Å². The molecule has 0 radical (unpaired) electrons. The minimum Gasteiger partial charge on any atom is -0.309 e. The Labute approximate surface area is 378 Å². The number of hydrogen-bond acceptors (Lipinski definition) is 2. The third-order valence-corrected chi connectivity index (χ3v) is 13.0. The van der Waals surface area contributed by atoms with Crippen LogP contribution in [0.1, 0.15) is 16.7 Å². The molecule has 0 aliphatic heterocycles. The monoisotopic (exact) mass is 832 g/mol. The van der Waals surface area contributed by atoms with Gasteiger partial charge in [-0.2, -0.15) is 0 Å². The summed E-state index contributed by atoms with van der Waals surface area (Å²) in [4.78, 5) is 10.4. The second kappa shape index (κ2) is 15.5. The maximum atomic E-state index is 5.29.